The molecule has 0 radical (unpaired) electrons. The van der Waals surface area contributed by atoms with Crippen LogP contribution in [-0.2, 0) is 0 Å². The number of hydrogen-bond acceptors (Lipinski definition) is 1. The summed E-state index contributed by atoms with van der Waals surface area (Å²) in [5.41, 5.74) is 1.99. The van der Waals surface area contributed by atoms with Gasteiger partial charge in [0.25, 0.3) is 0 Å². The SMILES string of the molecule is C[C@@H]1[C@H]2C[C@H](C[C@H]1C1=CN=CC[C+]=C1)C2(C)C. The third-order valence-electron chi connectivity index (χ3n) is 5.59. The van der Waals surface area contributed by atoms with Gasteiger partial charge in [0.1, 0.15) is 18.2 Å². The Bertz CT molecular complexity index is 400. The van der Waals surface area contributed by atoms with E-state index >= 15 is 0 Å². The minimum Gasteiger partial charge on any atom is -0.244 e. The number of allylic oxidation sites excluding steroid dienone is 3. The normalized spacial score (nSPS) is 42.2. The summed E-state index contributed by atoms with van der Waals surface area (Å²) in [6, 6.07) is 0. The maximum atomic E-state index is 4.36. The molecule has 1 heterocycles. The van der Waals surface area contributed by atoms with Gasteiger partial charge in [-0.25, -0.2) is 4.99 Å². The van der Waals surface area contributed by atoms with Gasteiger partial charge in [0.15, 0.2) is 6.08 Å². The van der Waals surface area contributed by atoms with E-state index < -0.39 is 0 Å². The van der Waals surface area contributed by atoms with E-state index in [1.165, 1.54) is 18.4 Å². The van der Waals surface area contributed by atoms with Crippen molar-refractivity contribution in [2.24, 2.45) is 34.1 Å². The van der Waals surface area contributed by atoms with Gasteiger partial charge in [-0.05, 0) is 36.0 Å². The van der Waals surface area contributed by atoms with Crippen LogP contribution in [0.25, 0.3) is 0 Å². The maximum Gasteiger partial charge on any atom is 0.159 e. The molecule has 90 valence electrons. The van der Waals surface area contributed by atoms with Crippen LogP contribution in [-0.4, -0.2) is 6.21 Å². The van der Waals surface area contributed by atoms with Gasteiger partial charge in [-0.2, -0.15) is 0 Å². The molecule has 1 aliphatic heterocycles. The Morgan fingerprint density at radius 3 is 2.88 bits per heavy atom. The lowest BCUT2D eigenvalue weighted by molar-refractivity contribution is -0.119. The second kappa shape index (κ2) is 3.78. The Morgan fingerprint density at radius 2 is 2.18 bits per heavy atom. The molecule has 3 aliphatic carbocycles. The molecule has 4 rings (SSSR count). The lowest BCUT2D eigenvalue weighted by Gasteiger charge is -2.61. The zero-order valence-corrected chi connectivity index (χ0v) is 11.1. The fraction of sp³-hybridized carbons (Fsp3) is 0.688. The van der Waals surface area contributed by atoms with Crippen LogP contribution in [0.2, 0.25) is 0 Å². The van der Waals surface area contributed by atoms with Gasteiger partial charge in [0.05, 0.1) is 12.0 Å². The summed E-state index contributed by atoms with van der Waals surface area (Å²) in [4.78, 5) is 4.36. The molecular weight excluding hydrogens is 206 g/mol. The molecule has 4 aliphatic rings. The predicted octanol–water partition coefficient (Wildman–Crippen LogP) is 4.02. The summed E-state index contributed by atoms with van der Waals surface area (Å²) >= 11 is 0. The quantitative estimate of drug-likeness (QED) is 0.601. The van der Waals surface area contributed by atoms with Crippen molar-refractivity contribution >= 4 is 6.21 Å². The van der Waals surface area contributed by atoms with Crippen LogP contribution >= 0.6 is 0 Å². The predicted molar refractivity (Wildman–Crippen MR) is 71.7 cm³/mol. The highest BCUT2D eigenvalue weighted by atomic mass is 14.7. The summed E-state index contributed by atoms with van der Waals surface area (Å²) < 4.78 is 0. The van der Waals surface area contributed by atoms with Crippen LogP contribution in [0.1, 0.15) is 40.0 Å². The zero-order chi connectivity index (χ0) is 12.0. The van der Waals surface area contributed by atoms with Gasteiger partial charge in [0, 0.05) is 6.21 Å². The fourth-order valence-electron chi connectivity index (χ4n) is 4.25. The summed E-state index contributed by atoms with van der Waals surface area (Å²) in [6.45, 7) is 7.36. The molecule has 2 bridgehead atoms. The maximum absolute atomic E-state index is 4.36. The summed E-state index contributed by atoms with van der Waals surface area (Å²) in [5.74, 6) is 3.35. The lowest BCUT2D eigenvalue weighted by Crippen LogP contribution is -2.55. The van der Waals surface area contributed by atoms with Crippen LogP contribution in [0.3, 0.4) is 0 Å². The molecule has 1 heteroatoms. The number of hydrogen-bond donors (Lipinski definition) is 0. The van der Waals surface area contributed by atoms with E-state index in [9.17, 15) is 0 Å². The summed E-state index contributed by atoms with van der Waals surface area (Å²) in [7, 11) is 0. The zero-order valence-electron chi connectivity index (χ0n) is 11.1. The fourth-order valence-corrected chi connectivity index (χ4v) is 4.25. The van der Waals surface area contributed by atoms with E-state index in [1.54, 1.807) is 0 Å². The van der Waals surface area contributed by atoms with Crippen LogP contribution < -0.4 is 0 Å². The van der Waals surface area contributed by atoms with Crippen molar-refractivity contribution in [2.75, 3.05) is 0 Å². The minimum atomic E-state index is 0.581. The van der Waals surface area contributed by atoms with Crippen molar-refractivity contribution in [2.45, 2.75) is 40.0 Å². The Kier molecular flexibility index (Phi) is 2.48. The molecule has 0 unspecified atom stereocenters. The first-order valence-electron chi connectivity index (χ1n) is 6.89. The average Bonchev–Trinajstić information content (AvgIpc) is 2.57. The highest BCUT2D eigenvalue weighted by Gasteiger charge is 2.57. The van der Waals surface area contributed by atoms with Gasteiger partial charge < -0.3 is 0 Å². The molecule has 4 atom stereocenters. The van der Waals surface area contributed by atoms with Gasteiger partial charge in [-0.3, -0.25) is 0 Å². The molecule has 0 N–H and O–H groups in total. The molecule has 0 aromatic rings. The second-order valence-electron chi connectivity index (χ2n) is 6.58. The molecule has 17 heavy (non-hydrogen) atoms. The number of fused-ring (bicyclic) bond motifs is 2. The van der Waals surface area contributed by atoms with Crippen LogP contribution in [0.15, 0.2) is 22.8 Å². The van der Waals surface area contributed by atoms with Gasteiger partial charge in [0.2, 0.25) is 0 Å². The topological polar surface area (TPSA) is 12.4 Å². The Hall–Kier alpha value is -0.940. The Labute approximate surface area is 105 Å². The summed E-state index contributed by atoms with van der Waals surface area (Å²) in [5, 5.41) is 0. The minimum absolute atomic E-state index is 0.581. The van der Waals surface area contributed by atoms with E-state index in [1.807, 2.05) is 6.21 Å². The van der Waals surface area contributed by atoms with Crippen molar-refractivity contribution < 1.29 is 0 Å². The Balaban J connectivity index is 1.83. The van der Waals surface area contributed by atoms with Crippen LogP contribution in [0, 0.1) is 35.2 Å². The lowest BCUT2D eigenvalue weighted by atomic mass is 9.43. The van der Waals surface area contributed by atoms with E-state index in [-0.39, 0.29) is 0 Å². The van der Waals surface area contributed by atoms with E-state index in [0.717, 1.165) is 30.1 Å². The van der Waals surface area contributed by atoms with Gasteiger partial charge >= 0.3 is 0 Å². The third kappa shape index (κ3) is 1.60. The second-order valence-corrected chi connectivity index (χ2v) is 6.58. The monoisotopic (exact) mass is 228 g/mol. The van der Waals surface area contributed by atoms with Crippen LogP contribution in [0.5, 0.6) is 0 Å². The van der Waals surface area contributed by atoms with E-state index in [0.29, 0.717) is 5.41 Å². The first kappa shape index (κ1) is 11.2. The van der Waals surface area contributed by atoms with Crippen molar-refractivity contribution in [1.29, 1.82) is 0 Å². The summed E-state index contributed by atoms with van der Waals surface area (Å²) in [6.07, 6.45) is 13.2. The average molecular weight is 228 g/mol. The van der Waals surface area contributed by atoms with E-state index in [4.69, 9.17) is 0 Å². The number of rotatable bonds is 1. The highest BCUT2D eigenvalue weighted by Crippen LogP contribution is 2.64. The number of nitrogens with zero attached hydrogens (tertiary/aromatic N) is 1. The molecule has 1 nitrogen and oxygen atoms in total. The van der Waals surface area contributed by atoms with Crippen LogP contribution in [0.4, 0.5) is 0 Å². The standard InChI is InChI=1S/C16H22N/c1-11-14(12-6-4-5-7-17-10-12)8-13-9-15(11)16(13,2)3/h6-7,10-11,13-15H,5,8-9H2,1-3H3/q+1/t11-,13-,14+,15+/m0/s1. The van der Waals surface area contributed by atoms with Crippen molar-refractivity contribution in [3.8, 4) is 0 Å². The molecule has 3 saturated carbocycles. The molecule has 0 spiro atoms. The Morgan fingerprint density at radius 1 is 1.35 bits per heavy atom. The van der Waals surface area contributed by atoms with Crippen molar-refractivity contribution in [3.05, 3.63) is 23.9 Å². The van der Waals surface area contributed by atoms with Gasteiger partial charge in [-0.15, -0.1) is 0 Å². The van der Waals surface area contributed by atoms with E-state index in [2.05, 4.69) is 44.1 Å². The molecule has 0 aromatic heterocycles. The molecule has 0 amide bonds. The van der Waals surface area contributed by atoms with Crippen molar-refractivity contribution in [3.63, 3.8) is 0 Å². The van der Waals surface area contributed by atoms with Gasteiger partial charge in [-0.1, -0.05) is 20.8 Å². The molecule has 3 fully saturated rings. The van der Waals surface area contributed by atoms with Crippen molar-refractivity contribution in [1.82, 2.24) is 0 Å². The first-order chi connectivity index (χ1) is 8.10. The highest BCUT2D eigenvalue weighted by molar-refractivity contribution is 5.60. The molecule has 0 aromatic carbocycles. The number of aliphatic imine (C=N–C) groups is 1. The third-order valence-corrected chi connectivity index (χ3v) is 5.59. The largest absolute Gasteiger partial charge is 0.244 e. The molecular formula is C16H22N+. The smallest absolute Gasteiger partial charge is 0.159 e. The first-order valence-corrected chi connectivity index (χ1v) is 6.89. The molecule has 0 saturated heterocycles.